The molecule has 0 spiro atoms. The van der Waals surface area contributed by atoms with Crippen molar-refractivity contribution in [1.29, 1.82) is 0 Å². The maximum atomic E-state index is 5.57. The standard InChI is InChI=1S/C10H15NO/c1-2-12-10(8-11)9-6-4-3-5-7-9/h3-7,10H,2,8,11H2,1H3. The van der Waals surface area contributed by atoms with Crippen molar-refractivity contribution in [3.63, 3.8) is 0 Å². The summed E-state index contributed by atoms with van der Waals surface area (Å²) in [6.45, 7) is 3.22. The highest BCUT2D eigenvalue weighted by Crippen LogP contribution is 2.14. The van der Waals surface area contributed by atoms with Crippen molar-refractivity contribution in [1.82, 2.24) is 0 Å². The van der Waals surface area contributed by atoms with Crippen LogP contribution < -0.4 is 5.73 Å². The van der Waals surface area contributed by atoms with E-state index in [9.17, 15) is 0 Å². The molecule has 0 radical (unpaired) electrons. The molecule has 0 aliphatic rings. The van der Waals surface area contributed by atoms with Gasteiger partial charge in [-0.2, -0.15) is 0 Å². The smallest absolute Gasteiger partial charge is 0.0946 e. The van der Waals surface area contributed by atoms with E-state index in [1.165, 1.54) is 0 Å². The lowest BCUT2D eigenvalue weighted by Crippen LogP contribution is -2.15. The maximum absolute atomic E-state index is 5.57. The van der Waals surface area contributed by atoms with E-state index in [-0.39, 0.29) is 6.10 Å². The highest BCUT2D eigenvalue weighted by Gasteiger charge is 2.06. The van der Waals surface area contributed by atoms with E-state index in [1.54, 1.807) is 0 Å². The molecule has 0 bridgehead atoms. The zero-order valence-electron chi connectivity index (χ0n) is 7.36. The highest BCUT2D eigenvalue weighted by molar-refractivity contribution is 5.17. The van der Waals surface area contributed by atoms with Gasteiger partial charge in [0.1, 0.15) is 0 Å². The third kappa shape index (κ3) is 2.32. The van der Waals surface area contributed by atoms with E-state index < -0.39 is 0 Å². The van der Waals surface area contributed by atoms with Gasteiger partial charge in [0, 0.05) is 13.2 Å². The molecule has 12 heavy (non-hydrogen) atoms. The largest absolute Gasteiger partial charge is 0.372 e. The predicted octanol–water partition coefficient (Wildman–Crippen LogP) is 1.72. The fraction of sp³-hybridized carbons (Fsp3) is 0.400. The first-order valence-electron chi connectivity index (χ1n) is 4.25. The van der Waals surface area contributed by atoms with Gasteiger partial charge in [0.25, 0.3) is 0 Å². The molecule has 1 aromatic carbocycles. The van der Waals surface area contributed by atoms with Gasteiger partial charge in [-0.1, -0.05) is 30.3 Å². The first-order valence-corrected chi connectivity index (χ1v) is 4.25. The molecule has 0 fully saturated rings. The van der Waals surface area contributed by atoms with Gasteiger partial charge in [-0.25, -0.2) is 0 Å². The second kappa shape index (κ2) is 4.91. The van der Waals surface area contributed by atoms with Crippen LogP contribution in [0.25, 0.3) is 0 Å². The van der Waals surface area contributed by atoms with E-state index >= 15 is 0 Å². The summed E-state index contributed by atoms with van der Waals surface area (Å²) in [5.41, 5.74) is 6.72. The summed E-state index contributed by atoms with van der Waals surface area (Å²) in [6.07, 6.45) is 0.0520. The van der Waals surface area contributed by atoms with Crippen molar-refractivity contribution in [3.05, 3.63) is 35.9 Å². The Morgan fingerprint density at radius 3 is 2.50 bits per heavy atom. The Labute approximate surface area is 73.3 Å². The minimum atomic E-state index is 0.0520. The molecule has 1 atom stereocenters. The molecular weight excluding hydrogens is 150 g/mol. The van der Waals surface area contributed by atoms with E-state index in [1.807, 2.05) is 37.3 Å². The normalized spacial score (nSPS) is 12.8. The van der Waals surface area contributed by atoms with Crippen LogP contribution in [-0.4, -0.2) is 13.2 Å². The highest BCUT2D eigenvalue weighted by atomic mass is 16.5. The summed E-state index contributed by atoms with van der Waals surface area (Å²) >= 11 is 0. The maximum Gasteiger partial charge on any atom is 0.0946 e. The Hall–Kier alpha value is -0.860. The van der Waals surface area contributed by atoms with Crippen molar-refractivity contribution in [2.24, 2.45) is 5.73 Å². The SMILES string of the molecule is CCOC(CN)c1ccccc1. The van der Waals surface area contributed by atoms with Crippen LogP contribution in [0, 0.1) is 0 Å². The monoisotopic (exact) mass is 165 g/mol. The summed E-state index contributed by atoms with van der Waals surface area (Å²) in [7, 11) is 0. The molecule has 1 aromatic rings. The first kappa shape index (κ1) is 9.23. The van der Waals surface area contributed by atoms with Gasteiger partial charge in [-0.05, 0) is 12.5 Å². The molecule has 66 valence electrons. The molecule has 0 saturated carbocycles. The summed E-state index contributed by atoms with van der Waals surface area (Å²) in [4.78, 5) is 0. The van der Waals surface area contributed by atoms with Gasteiger partial charge in [0.15, 0.2) is 0 Å². The molecular formula is C10H15NO. The second-order valence-corrected chi connectivity index (χ2v) is 2.59. The second-order valence-electron chi connectivity index (χ2n) is 2.59. The van der Waals surface area contributed by atoms with Crippen molar-refractivity contribution in [3.8, 4) is 0 Å². The molecule has 0 aliphatic carbocycles. The van der Waals surface area contributed by atoms with E-state index in [0.29, 0.717) is 13.2 Å². The number of nitrogens with two attached hydrogens (primary N) is 1. The Kier molecular flexibility index (Phi) is 3.77. The molecule has 0 amide bonds. The first-order chi connectivity index (χ1) is 5.88. The van der Waals surface area contributed by atoms with E-state index in [2.05, 4.69) is 0 Å². The number of benzene rings is 1. The van der Waals surface area contributed by atoms with Crippen LogP contribution in [0.4, 0.5) is 0 Å². The van der Waals surface area contributed by atoms with Crippen LogP contribution in [0.5, 0.6) is 0 Å². The molecule has 2 heteroatoms. The van der Waals surface area contributed by atoms with Gasteiger partial charge in [0.2, 0.25) is 0 Å². The van der Waals surface area contributed by atoms with Crippen LogP contribution in [0.15, 0.2) is 30.3 Å². The number of hydrogen-bond acceptors (Lipinski definition) is 2. The van der Waals surface area contributed by atoms with Crippen LogP contribution in [-0.2, 0) is 4.74 Å². The van der Waals surface area contributed by atoms with E-state index in [0.717, 1.165) is 5.56 Å². The fourth-order valence-corrected chi connectivity index (χ4v) is 1.17. The third-order valence-corrected chi connectivity index (χ3v) is 1.75. The quantitative estimate of drug-likeness (QED) is 0.737. The Morgan fingerprint density at radius 2 is 2.00 bits per heavy atom. The molecule has 0 aromatic heterocycles. The van der Waals surface area contributed by atoms with Gasteiger partial charge >= 0.3 is 0 Å². The van der Waals surface area contributed by atoms with Crippen molar-refractivity contribution in [2.45, 2.75) is 13.0 Å². The zero-order chi connectivity index (χ0) is 8.81. The lowest BCUT2D eigenvalue weighted by atomic mass is 10.1. The fourth-order valence-electron chi connectivity index (χ4n) is 1.17. The lowest BCUT2D eigenvalue weighted by Gasteiger charge is -2.14. The number of rotatable bonds is 4. The van der Waals surface area contributed by atoms with Crippen LogP contribution in [0.3, 0.4) is 0 Å². The van der Waals surface area contributed by atoms with Gasteiger partial charge in [0.05, 0.1) is 6.10 Å². The van der Waals surface area contributed by atoms with Crippen molar-refractivity contribution >= 4 is 0 Å². The van der Waals surface area contributed by atoms with Gasteiger partial charge < -0.3 is 10.5 Å². The molecule has 1 rings (SSSR count). The summed E-state index contributed by atoms with van der Waals surface area (Å²) in [5.74, 6) is 0. The molecule has 0 heterocycles. The average Bonchev–Trinajstić information content (AvgIpc) is 2.15. The van der Waals surface area contributed by atoms with Gasteiger partial charge in [-0.15, -0.1) is 0 Å². The topological polar surface area (TPSA) is 35.2 Å². The Balaban J connectivity index is 2.66. The Bertz CT molecular complexity index is 210. The lowest BCUT2D eigenvalue weighted by molar-refractivity contribution is 0.0688. The van der Waals surface area contributed by atoms with Crippen LogP contribution in [0.2, 0.25) is 0 Å². The predicted molar refractivity (Wildman–Crippen MR) is 49.9 cm³/mol. The minimum absolute atomic E-state index is 0.0520. The van der Waals surface area contributed by atoms with Crippen LogP contribution >= 0.6 is 0 Å². The van der Waals surface area contributed by atoms with Gasteiger partial charge in [-0.3, -0.25) is 0 Å². The Morgan fingerprint density at radius 1 is 1.33 bits per heavy atom. The minimum Gasteiger partial charge on any atom is -0.372 e. The van der Waals surface area contributed by atoms with E-state index in [4.69, 9.17) is 10.5 Å². The number of hydrogen-bond donors (Lipinski definition) is 1. The zero-order valence-corrected chi connectivity index (χ0v) is 7.36. The summed E-state index contributed by atoms with van der Waals surface area (Å²) < 4.78 is 5.45. The van der Waals surface area contributed by atoms with Crippen molar-refractivity contribution in [2.75, 3.05) is 13.2 Å². The molecule has 1 unspecified atom stereocenters. The molecule has 2 nitrogen and oxygen atoms in total. The molecule has 0 saturated heterocycles. The van der Waals surface area contributed by atoms with Crippen LogP contribution in [0.1, 0.15) is 18.6 Å². The molecule has 2 N–H and O–H groups in total. The number of ether oxygens (including phenoxy) is 1. The summed E-state index contributed by atoms with van der Waals surface area (Å²) in [5, 5.41) is 0. The summed E-state index contributed by atoms with van der Waals surface area (Å²) in [6, 6.07) is 10.1. The third-order valence-electron chi connectivity index (χ3n) is 1.75. The average molecular weight is 165 g/mol. The van der Waals surface area contributed by atoms with Crippen molar-refractivity contribution < 1.29 is 4.74 Å². The molecule has 0 aliphatic heterocycles.